The monoisotopic (exact) mass is 592 g/mol. The Balaban J connectivity index is 1.33. The van der Waals surface area contributed by atoms with Crippen molar-refractivity contribution in [1.29, 1.82) is 0 Å². The Morgan fingerprint density at radius 1 is 0.977 bits per heavy atom. The first-order valence-corrected chi connectivity index (χ1v) is 14.0. The van der Waals surface area contributed by atoms with Gasteiger partial charge in [-0.15, -0.1) is 0 Å². The fourth-order valence-corrected chi connectivity index (χ4v) is 5.01. The Morgan fingerprint density at radius 3 is 2.35 bits per heavy atom. The zero-order chi connectivity index (χ0) is 31.1. The molecule has 4 heterocycles. The lowest BCUT2D eigenvalue weighted by Gasteiger charge is -2.35. The summed E-state index contributed by atoms with van der Waals surface area (Å²) in [6, 6.07) is 7.74. The highest BCUT2D eigenvalue weighted by atomic mass is 19.1. The van der Waals surface area contributed by atoms with Gasteiger partial charge in [-0.3, -0.25) is 4.79 Å². The summed E-state index contributed by atoms with van der Waals surface area (Å²) in [5.41, 5.74) is 0.466. The lowest BCUT2D eigenvalue weighted by Crippen LogP contribution is -2.51. The predicted molar refractivity (Wildman–Crippen MR) is 157 cm³/mol. The van der Waals surface area contributed by atoms with E-state index in [1.807, 2.05) is 18.4 Å². The van der Waals surface area contributed by atoms with Gasteiger partial charge in [-0.1, -0.05) is 6.07 Å². The predicted octanol–water partition coefficient (Wildman–Crippen LogP) is 5.49. The number of pyridine rings is 1. The van der Waals surface area contributed by atoms with E-state index in [4.69, 9.17) is 4.74 Å². The highest BCUT2D eigenvalue weighted by Crippen LogP contribution is 2.30. The molecule has 5 rings (SSSR count). The molecular weight excluding hydrogens is 558 g/mol. The fourth-order valence-electron chi connectivity index (χ4n) is 5.01. The van der Waals surface area contributed by atoms with Crippen LogP contribution in [-0.2, 0) is 4.74 Å². The fraction of sp³-hybridized carbons (Fsp3) is 0.400. The number of amides is 2. The number of hydrogen-bond donors (Lipinski definition) is 1. The molecule has 0 bridgehead atoms. The topological polar surface area (TPSA) is 118 Å². The Kier molecular flexibility index (Phi) is 8.00. The number of hydrogen-bond acceptors (Lipinski definition) is 8. The van der Waals surface area contributed by atoms with Crippen LogP contribution >= 0.6 is 0 Å². The van der Waals surface area contributed by atoms with E-state index in [2.05, 4.69) is 25.3 Å². The van der Waals surface area contributed by atoms with Gasteiger partial charge in [0.1, 0.15) is 34.1 Å². The number of carbonyl (C=O) groups is 2. The molecule has 1 N–H and O–H groups in total. The van der Waals surface area contributed by atoms with Crippen LogP contribution in [0.3, 0.4) is 0 Å². The van der Waals surface area contributed by atoms with Crippen LogP contribution in [0.15, 0.2) is 36.5 Å². The maximum absolute atomic E-state index is 15.0. The Labute approximate surface area is 247 Å². The van der Waals surface area contributed by atoms with Crippen LogP contribution in [0.4, 0.5) is 25.3 Å². The average molecular weight is 593 g/mol. The standard InChI is InChI=1S/C30H34F2N8O3/c1-17(2)40-18(3)34-26-20(31)14-19(15-23(26)40)25-21(32)16-33-28(37-25)36-24-9-7-8-22(35-24)27(41)38-10-12-39(13-11-38)29(42)43-30(4,5)6/h7-9,14-17H,10-13H2,1-6H3,(H,33,35,36,37). The molecule has 11 nitrogen and oxygen atoms in total. The number of nitrogens with one attached hydrogen (secondary N) is 1. The Hall–Kier alpha value is -4.68. The number of piperazine rings is 1. The molecule has 0 radical (unpaired) electrons. The minimum Gasteiger partial charge on any atom is -0.444 e. The number of anilines is 2. The number of ether oxygens (including phenoxy) is 1. The van der Waals surface area contributed by atoms with E-state index in [1.165, 1.54) is 6.07 Å². The lowest BCUT2D eigenvalue weighted by molar-refractivity contribution is 0.0140. The van der Waals surface area contributed by atoms with Gasteiger partial charge in [0.05, 0.1) is 11.7 Å². The third kappa shape index (κ3) is 6.40. The second-order valence-corrected chi connectivity index (χ2v) is 11.6. The van der Waals surface area contributed by atoms with Crippen molar-refractivity contribution in [2.45, 2.75) is 53.2 Å². The van der Waals surface area contributed by atoms with Crippen LogP contribution in [0.1, 0.15) is 57.0 Å². The number of fused-ring (bicyclic) bond motifs is 1. The van der Waals surface area contributed by atoms with E-state index in [0.29, 0.717) is 37.5 Å². The number of halogens is 2. The molecule has 13 heteroatoms. The SMILES string of the molecule is Cc1nc2c(F)cc(-c3nc(Nc4cccc(C(=O)N5CCN(C(=O)OC(C)(C)C)CC5)n4)ncc3F)cc2n1C(C)C. The van der Waals surface area contributed by atoms with Gasteiger partial charge < -0.3 is 24.4 Å². The summed E-state index contributed by atoms with van der Waals surface area (Å²) in [7, 11) is 0. The first kappa shape index (κ1) is 29.8. The smallest absolute Gasteiger partial charge is 0.410 e. The van der Waals surface area contributed by atoms with Crippen molar-refractivity contribution in [3.63, 3.8) is 0 Å². The number of benzene rings is 1. The van der Waals surface area contributed by atoms with Gasteiger partial charge in [-0.2, -0.15) is 0 Å². The molecule has 0 aliphatic carbocycles. The highest BCUT2D eigenvalue weighted by Gasteiger charge is 2.28. The van der Waals surface area contributed by atoms with E-state index in [9.17, 15) is 14.0 Å². The van der Waals surface area contributed by atoms with Crippen LogP contribution in [0.2, 0.25) is 0 Å². The van der Waals surface area contributed by atoms with E-state index >= 15 is 4.39 Å². The van der Waals surface area contributed by atoms with Crippen LogP contribution in [0.5, 0.6) is 0 Å². The third-order valence-corrected chi connectivity index (χ3v) is 6.89. The summed E-state index contributed by atoms with van der Waals surface area (Å²) in [6.45, 7) is 12.5. The van der Waals surface area contributed by atoms with Crippen molar-refractivity contribution in [1.82, 2.24) is 34.3 Å². The molecule has 1 fully saturated rings. The Morgan fingerprint density at radius 2 is 1.67 bits per heavy atom. The van der Waals surface area contributed by atoms with Gasteiger partial charge >= 0.3 is 6.09 Å². The quantitative estimate of drug-likeness (QED) is 0.323. The summed E-state index contributed by atoms with van der Waals surface area (Å²) >= 11 is 0. The number of aryl methyl sites for hydroxylation is 1. The number of nitrogens with zero attached hydrogens (tertiary/aromatic N) is 7. The lowest BCUT2D eigenvalue weighted by atomic mass is 10.1. The van der Waals surface area contributed by atoms with E-state index in [-0.39, 0.29) is 46.2 Å². The zero-order valence-electron chi connectivity index (χ0n) is 25.0. The first-order valence-electron chi connectivity index (χ1n) is 14.0. The van der Waals surface area contributed by atoms with Crippen molar-refractivity contribution in [2.24, 2.45) is 0 Å². The summed E-state index contributed by atoms with van der Waals surface area (Å²) in [5.74, 6) is -0.660. The van der Waals surface area contributed by atoms with Gasteiger partial charge in [0, 0.05) is 37.8 Å². The van der Waals surface area contributed by atoms with Crippen molar-refractivity contribution >= 4 is 34.8 Å². The van der Waals surface area contributed by atoms with Crippen molar-refractivity contribution < 1.29 is 23.1 Å². The maximum atomic E-state index is 15.0. The van der Waals surface area contributed by atoms with Crippen LogP contribution < -0.4 is 5.32 Å². The molecule has 2 amide bonds. The normalized spacial score (nSPS) is 14.0. The van der Waals surface area contributed by atoms with E-state index in [0.717, 1.165) is 6.20 Å². The summed E-state index contributed by atoms with van der Waals surface area (Å²) < 4.78 is 37.3. The molecule has 0 atom stereocenters. The van der Waals surface area contributed by atoms with Gasteiger partial charge in [0.2, 0.25) is 5.95 Å². The molecule has 4 aromatic rings. The third-order valence-electron chi connectivity index (χ3n) is 6.89. The molecule has 0 spiro atoms. The molecule has 0 saturated carbocycles. The first-order chi connectivity index (χ1) is 20.3. The molecule has 1 saturated heterocycles. The van der Waals surface area contributed by atoms with Crippen molar-refractivity contribution in [2.75, 3.05) is 31.5 Å². The second kappa shape index (κ2) is 11.5. The highest BCUT2D eigenvalue weighted by molar-refractivity contribution is 5.93. The molecule has 1 aliphatic heterocycles. The molecule has 0 unspecified atom stereocenters. The number of carbonyl (C=O) groups excluding carboxylic acids is 2. The minimum absolute atomic E-state index is 0.0158. The molecular formula is C30H34F2N8O3. The van der Waals surface area contributed by atoms with Crippen molar-refractivity contribution in [3.05, 3.63) is 59.7 Å². The molecule has 43 heavy (non-hydrogen) atoms. The summed E-state index contributed by atoms with van der Waals surface area (Å²) in [6.07, 6.45) is 0.586. The number of imidazole rings is 1. The number of rotatable bonds is 5. The molecule has 226 valence electrons. The zero-order valence-corrected chi connectivity index (χ0v) is 25.0. The molecule has 3 aromatic heterocycles. The van der Waals surface area contributed by atoms with E-state index in [1.54, 1.807) is 61.8 Å². The largest absolute Gasteiger partial charge is 0.444 e. The van der Waals surface area contributed by atoms with Gasteiger partial charge in [-0.05, 0) is 65.8 Å². The van der Waals surface area contributed by atoms with Crippen LogP contribution in [0.25, 0.3) is 22.3 Å². The molecule has 1 aliphatic rings. The maximum Gasteiger partial charge on any atom is 0.410 e. The van der Waals surface area contributed by atoms with Gasteiger partial charge in [-0.25, -0.2) is 33.5 Å². The average Bonchev–Trinajstić information content (AvgIpc) is 3.29. The minimum atomic E-state index is -0.723. The number of aromatic nitrogens is 5. The summed E-state index contributed by atoms with van der Waals surface area (Å²) in [4.78, 5) is 45.8. The summed E-state index contributed by atoms with van der Waals surface area (Å²) in [5, 5.41) is 2.92. The van der Waals surface area contributed by atoms with Crippen LogP contribution in [0, 0.1) is 18.6 Å². The van der Waals surface area contributed by atoms with Gasteiger partial charge in [0.25, 0.3) is 5.91 Å². The molecule has 1 aromatic carbocycles. The van der Waals surface area contributed by atoms with Gasteiger partial charge in [0.15, 0.2) is 11.6 Å². The second-order valence-electron chi connectivity index (χ2n) is 11.6. The van der Waals surface area contributed by atoms with Crippen LogP contribution in [-0.4, -0.2) is 78.1 Å². The van der Waals surface area contributed by atoms with E-state index < -0.39 is 23.3 Å². The van der Waals surface area contributed by atoms with Crippen molar-refractivity contribution in [3.8, 4) is 11.3 Å². The Bertz CT molecular complexity index is 1690.